The second-order valence-corrected chi connectivity index (χ2v) is 4.16. The molecule has 1 N–H and O–H groups in total. The Morgan fingerprint density at radius 3 is 2.81 bits per heavy atom. The second kappa shape index (κ2) is 5.05. The summed E-state index contributed by atoms with van der Waals surface area (Å²) in [7, 11) is 0. The van der Waals surface area contributed by atoms with Crippen LogP contribution < -0.4 is 5.32 Å². The van der Waals surface area contributed by atoms with Crippen LogP contribution in [0.25, 0.3) is 0 Å². The summed E-state index contributed by atoms with van der Waals surface area (Å²) in [4.78, 5) is 15.4. The van der Waals surface area contributed by atoms with Crippen LogP contribution in [0.2, 0.25) is 0 Å². The third-order valence-corrected chi connectivity index (χ3v) is 2.96. The van der Waals surface area contributed by atoms with E-state index in [9.17, 15) is 9.18 Å². The van der Waals surface area contributed by atoms with Gasteiger partial charge in [-0.25, -0.2) is 4.39 Å². The molecule has 3 nitrogen and oxygen atoms in total. The van der Waals surface area contributed by atoms with Gasteiger partial charge >= 0.3 is 0 Å². The van der Waals surface area contributed by atoms with Crippen molar-refractivity contribution in [3.8, 4) is 0 Å². The van der Waals surface area contributed by atoms with Crippen LogP contribution in [-0.4, -0.2) is 16.9 Å². The molecule has 1 amide bonds. The van der Waals surface area contributed by atoms with Gasteiger partial charge in [-0.05, 0) is 18.9 Å². The molecule has 1 aliphatic carbocycles. The van der Waals surface area contributed by atoms with E-state index in [1.807, 2.05) is 0 Å². The van der Waals surface area contributed by atoms with Crippen molar-refractivity contribution in [3.63, 3.8) is 0 Å². The second-order valence-electron chi connectivity index (χ2n) is 4.16. The first kappa shape index (κ1) is 11.0. The van der Waals surface area contributed by atoms with Gasteiger partial charge in [0.2, 0.25) is 0 Å². The zero-order valence-electron chi connectivity index (χ0n) is 9.08. The highest BCUT2D eigenvalue weighted by molar-refractivity contribution is 5.94. The summed E-state index contributed by atoms with van der Waals surface area (Å²) in [5.74, 6) is -0.886. The minimum Gasteiger partial charge on any atom is -0.349 e. The van der Waals surface area contributed by atoms with Crippen LogP contribution in [0.5, 0.6) is 0 Å². The minimum atomic E-state index is -0.559. The number of amides is 1. The molecule has 0 aromatic carbocycles. The molecule has 0 unspecified atom stereocenters. The summed E-state index contributed by atoms with van der Waals surface area (Å²) < 4.78 is 13.3. The SMILES string of the molecule is O=C(NC1CCCCC1)c1ccncc1F. The zero-order valence-corrected chi connectivity index (χ0v) is 9.08. The zero-order chi connectivity index (χ0) is 11.4. The highest BCUT2D eigenvalue weighted by Gasteiger charge is 2.18. The molecule has 1 aromatic rings. The van der Waals surface area contributed by atoms with Crippen molar-refractivity contribution in [3.05, 3.63) is 29.8 Å². The van der Waals surface area contributed by atoms with E-state index in [4.69, 9.17) is 0 Å². The summed E-state index contributed by atoms with van der Waals surface area (Å²) in [6.45, 7) is 0. The van der Waals surface area contributed by atoms with Gasteiger partial charge in [0.15, 0.2) is 5.82 Å². The Kier molecular flexibility index (Phi) is 3.49. The van der Waals surface area contributed by atoms with E-state index in [-0.39, 0.29) is 17.5 Å². The first-order valence-corrected chi connectivity index (χ1v) is 5.68. The van der Waals surface area contributed by atoms with Gasteiger partial charge < -0.3 is 5.32 Å². The lowest BCUT2D eigenvalue weighted by molar-refractivity contribution is 0.0923. The van der Waals surface area contributed by atoms with Crippen molar-refractivity contribution in [2.24, 2.45) is 0 Å². The fourth-order valence-electron chi connectivity index (χ4n) is 2.07. The van der Waals surface area contributed by atoms with Gasteiger partial charge in [-0.2, -0.15) is 0 Å². The van der Waals surface area contributed by atoms with Crippen molar-refractivity contribution in [1.82, 2.24) is 10.3 Å². The van der Waals surface area contributed by atoms with E-state index in [0.717, 1.165) is 31.9 Å². The Morgan fingerprint density at radius 1 is 1.38 bits per heavy atom. The van der Waals surface area contributed by atoms with Crippen molar-refractivity contribution in [2.45, 2.75) is 38.1 Å². The predicted molar refractivity (Wildman–Crippen MR) is 58.5 cm³/mol. The summed E-state index contributed by atoms with van der Waals surface area (Å²) in [6, 6.07) is 1.61. The number of hydrogen-bond acceptors (Lipinski definition) is 2. The van der Waals surface area contributed by atoms with Gasteiger partial charge in [-0.15, -0.1) is 0 Å². The first-order valence-electron chi connectivity index (χ1n) is 5.68. The van der Waals surface area contributed by atoms with Crippen LogP contribution >= 0.6 is 0 Å². The average Bonchev–Trinajstić information content (AvgIpc) is 2.31. The Bertz CT molecular complexity index is 375. The minimum absolute atomic E-state index is 0.0839. The lowest BCUT2D eigenvalue weighted by atomic mass is 9.95. The highest BCUT2D eigenvalue weighted by Crippen LogP contribution is 2.18. The standard InChI is InChI=1S/C12H15FN2O/c13-11-8-14-7-6-10(11)12(16)15-9-4-2-1-3-5-9/h6-9H,1-5H2,(H,15,16). The molecule has 0 saturated heterocycles. The number of rotatable bonds is 2. The fraction of sp³-hybridized carbons (Fsp3) is 0.500. The van der Waals surface area contributed by atoms with Crippen molar-refractivity contribution < 1.29 is 9.18 Å². The van der Waals surface area contributed by atoms with Gasteiger partial charge in [0.1, 0.15) is 0 Å². The van der Waals surface area contributed by atoms with Gasteiger partial charge in [0.25, 0.3) is 5.91 Å². The van der Waals surface area contributed by atoms with E-state index in [0.29, 0.717) is 0 Å². The maximum atomic E-state index is 13.3. The topological polar surface area (TPSA) is 42.0 Å². The van der Waals surface area contributed by atoms with E-state index in [1.54, 1.807) is 0 Å². The lowest BCUT2D eigenvalue weighted by Gasteiger charge is -2.22. The molecule has 86 valence electrons. The van der Waals surface area contributed by atoms with Gasteiger partial charge in [-0.1, -0.05) is 19.3 Å². The van der Waals surface area contributed by atoms with Gasteiger partial charge in [0.05, 0.1) is 11.8 Å². The summed E-state index contributed by atoms with van der Waals surface area (Å²) in [6.07, 6.45) is 8.01. The number of halogens is 1. The molecule has 4 heteroatoms. The molecule has 1 fully saturated rings. The molecule has 1 saturated carbocycles. The Labute approximate surface area is 94.1 Å². The van der Waals surface area contributed by atoms with E-state index < -0.39 is 5.82 Å². The fourth-order valence-corrected chi connectivity index (χ4v) is 2.07. The van der Waals surface area contributed by atoms with Crippen LogP contribution in [0, 0.1) is 5.82 Å². The number of aromatic nitrogens is 1. The van der Waals surface area contributed by atoms with Gasteiger partial charge in [-0.3, -0.25) is 9.78 Å². The lowest BCUT2D eigenvalue weighted by Crippen LogP contribution is -2.36. The van der Waals surface area contributed by atoms with Crippen molar-refractivity contribution >= 4 is 5.91 Å². The third kappa shape index (κ3) is 2.56. The van der Waals surface area contributed by atoms with Crippen LogP contribution in [0.3, 0.4) is 0 Å². The number of carbonyl (C=O) groups is 1. The molecule has 16 heavy (non-hydrogen) atoms. The normalized spacial score (nSPS) is 17.1. The molecule has 2 rings (SSSR count). The molecule has 1 aliphatic rings. The molecule has 1 heterocycles. The average molecular weight is 222 g/mol. The molecule has 0 radical (unpaired) electrons. The smallest absolute Gasteiger partial charge is 0.254 e. The first-order chi connectivity index (χ1) is 7.77. The number of carbonyl (C=O) groups excluding carboxylic acids is 1. The van der Waals surface area contributed by atoms with Crippen LogP contribution in [0.1, 0.15) is 42.5 Å². The van der Waals surface area contributed by atoms with E-state index in [2.05, 4.69) is 10.3 Å². The van der Waals surface area contributed by atoms with Crippen LogP contribution in [0.4, 0.5) is 4.39 Å². The molecular formula is C12H15FN2O. The largest absolute Gasteiger partial charge is 0.349 e. The molecule has 0 atom stereocenters. The van der Waals surface area contributed by atoms with Crippen LogP contribution in [0.15, 0.2) is 18.5 Å². The van der Waals surface area contributed by atoms with Gasteiger partial charge in [0, 0.05) is 12.2 Å². The summed E-state index contributed by atoms with van der Waals surface area (Å²) in [5.41, 5.74) is 0.0839. The van der Waals surface area contributed by atoms with Crippen molar-refractivity contribution in [2.75, 3.05) is 0 Å². The Morgan fingerprint density at radius 2 is 2.12 bits per heavy atom. The number of nitrogens with zero attached hydrogens (tertiary/aromatic N) is 1. The summed E-state index contributed by atoms with van der Waals surface area (Å²) >= 11 is 0. The quantitative estimate of drug-likeness (QED) is 0.834. The molecule has 1 aromatic heterocycles. The molecule has 0 spiro atoms. The Balaban J connectivity index is 2.00. The Hall–Kier alpha value is -1.45. The molecule has 0 bridgehead atoms. The number of pyridine rings is 1. The number of hydrogen-bond donors (Lipinski definition) is 1. The maximum Gasteiger partial charge on any atom is 0.254 e. The summed E-state index contributed by atoms with van der Waals surface area (Å²) in [5, 5.41) is 2.87. The van der Waals surface area contributed by atoms with Crippen molar-refractivity contribution in [1.29, 1.82) is 0 Å². The monoisotopic (exact) mass is 222 g/mol. The number of nitrogens with one attached hydrogen (secondary N) is 1. The molecule has 0 aliphatic heterocycles. The highest BCUT2D eigenvalue weighted by atomic mass is 19.1. The van der Waals surface area contributed by atoms with E-state index in [1.165, 1.54) is 18.7 Å². The van der Waals surface area contributed by atoms with E-state index >= 15 is 0 Å². The van der Waals surface area contributed by atoms with Crippen LogP contribution in [-0.2, 0) is 0 Å². The maximum absolute atomic E-state index is 13.3. The molecular weight excluding hydrogens is 207 g/mol. The third-order valence-electron chi connectivity index (χ3n) is 2.96. The predicted octanol–water partition coefficient (Wildman–Crippen LogP) is 2.28.